The van der Waals surface area contributed by atoms with Crippen LogP contribution in [-0.4, -0.2) is 51.1 Å². The summed E-state index contributed by atoms with van der Waals surface area (Å²) in [6.07, 6.45) is 1.42. The molecule has 1 aromatic carbocycles. The zero-order valence-electron chi connectivity index (χ0n) is 14.0. The highest BCUT2D eigenvalue weighted by atomic mass is 32.2. The summed E-state index contributed by atoms with van der Waals surface area (Å²) in [6.45, 7) is 5.23. The van der Waals surface area contributed by atoms with Gasteiger partial charge in [-0.2, -0.15) is 0 Å². The molecule has 1 rings (SSSR count). The third kappa shape index (κ3) is 8.56. The third-order valence-electron chi connectivity index (χ3n) is 3.06. The summed E-state index contributed by atoms with van der Waals surface area (Å²) in [4.78, 5) is 11.7. The quantitative estimate of drug-likeness (QED) is 0.699. The molecular weight excluding hydrogens is 316 g/mol. The molecule has 0 aromatic heterocycles. The van der Waals surface area contributed by atoms with Crippen molar-refractivity contribution < 1.29 is 17.9 Å². The smallest absolute Gasteiger partial charge is 0.223 e. The van der Waals surface area contributed by atoms with Crippen LogP contribution in [0.15, 0.2) is 30.3 Å². The number of carbonyl (C=O) groups is 1. The molecule has 1 N–H and O–H groups in total. The summed E-state index contributed by atoms with van der Waals surface area (Å²) in [5.41, 5.74) is 0. The number of nitrogens with zero attached hydrogens (tertiary/aromatic N) is 1. The van der Waals surface area contributed by atoms with Crippen LogP contribution in [0.5, 0.6) is 5.75 Å². The second kappa shape index (κ2) is 9.52. The molecule has 0 aliphatic rings. The van der Waals surface area contributed by atoms with Gasteiger partial charge >= 0.3 is 0 Å². The number of ether oxygens (including phenoxy) is 1. The van der Waals surface area contributed by atoms with E-state index < -0.39 is 10.0 Å². The SMILES string of the molecule is CC(C)CN(CCNC(=O)CCOc1ccccc1)S(C)(=O)=O. The first-order valence-electron chi connectivity index (χ1n) is 7.68. The van der Waals surface area contributed by atoms with Crippen molar-refractivity contribution in [1.82, 2.24) is 9.62 Å². The van der Waals surface area contributed by atoms with Gasteiger partial charge in [-0.1, -0.05) is 32.0 Å². The first-order valence-corrected chi connectivity index (χ1v) is 9.53. The Labute approximate surface area is 138 Å². The number of sulfonamides is 1. The van der Waals surface area contributed by atoms with Crippen molar-refractivity contribution in [2.24, 2.45) is 5.92 Å². The molecule has 0 aliphatic carbocycles. The molecule has 0 saturated carbocycles. The van der Waals surface area contributed by atoms with E-state index in [2.05, 4.69) is 5.32 Å². The fourth-order valence-corrected chi connectivity index (χ4v) is 2.98. The number of hydrogen-bond acceptors (Lipinski definition) is 4. The molecule has 23 heavy (non-hydrogen) atoms. The number of benzene rings is 1. The average molecular weight is 342 g/mol. The van der Waals surface area contributed by atoms with Gasteiger partial charge < -0.3 is 10.1 Å². The van der Waals surface area contributed by atoms with E-state index in [0.29, 0.717) is 13.1 Å². The van der Waals surface area contributed by atoms with Crippen LogP contribution in [0.2, 0.25) is 0 Å². The highest BCUT2D eigenvalue weighted by Gasteiger charge is 2.17. The summed E-state index contributed by atoms with van der Waals surface area (Å²) >= 11 is 0. The van der Waals surface area contributed by atoms with Gasteiger partial charge in [-0.25, -0.2) is 12.7 Å². The Bertz CT molecular complexity index is 573. The molecule has 0 heterocycles. The zero-order chi connectivity index (χ0) is 17.3. The molecule has 130 valence electrons. The lowest BCUT2D eigenvalue weighted by molar-refractivity contribution is -0.121. The summed E-state index contributed by atoms with van der Waals surface area (Å²) in [7, 11) is -3.25. The maximum Gasteiger partial charge on any atom is 0.223 e. The van der Waals surface area contributed by atoms with E-state index >= 15 is 0 Å². The second-order valence-electron chi connectivity index (χ2n) is 5.78. The van der Waals surface area contributed by atoms with E-state index in [1.807, 2.05) is 44.2 Å². The van der Waals surface area contributed by atoms with Crippen LogP contribution in [0.1, 0.15) is 20.3 Å². The summed E-state index contributed by atoms with van der Waals surface area (Å²) in [5, 5.41) is 2.72. The lowest BCUT2D eigenvalue weighted by Crippen LogP contribution is -2.40. The van der Waals surface area contributed by atoms with E-state index in [0.717, 1.165) is 5.75 Å². The Morgan fingerprint density at radius 1 is 1.26 bits per heavy atom. The molecule has 0 saturated heterocycles. The topological polar surface area (TPSA) is 75.7 Å². The van der Waals surface area contributed by atoms with Gasteiger partial charge in [0.2, 0.25) is 15.9 Å². The van der Waals surface area contributed by atoms with Crippen molar-refractivity contribution in [3.63, 3.8) is 0 Å². The molecule has 0 bridgehead atoms. The van der Waals surface area contributed by atoms with Crippen LogP contribution in [0.3, 0.4) is 0 Å². The van der Waals surface area contributed by atoms with Crippen molar-refractivity contribution in [3.8, 4) is 5.75 Å². The minimum atomic E-state index is -3.25. The molecule has 1 aromatic rings. The Kier molecular flexibility index (Phi) is 8.05. The summed E-state index contributed by atoms with van der Waals surface area (Å²) in [6, 6.07) is 9.28. The Morgan fingerprint density at radius 2 is 1.91 bits per heavy atom. The van der Waals surface area contributed by atoms with Crippen molar-refractivity contribution in [2.75, 3.05) is 32.5 Å². The molecular formula is C16H26N2O4S. The van der Waals surface area contributed by atoms with Crippen LogP contribution < -0.4 is 10.1 Å². The molecule has 6 nitrogen and oxygen atoms in total. The van der Waals surface area contributed by atoms with Gasteiger partial charge in [0, 0.05) is 19.6 Å². The first-order chi connectivity index (χ1) is 10.8. The Morgan fingerprint density at radius 3 is 2.48 bits per heavy atom. The number of rotatable bonds is 10. The normalized spacial score (nSPS) is 11.7. The molecule has 0 radical (unpaired) electrons. The van der Waals surface area contributed by atoms with Gasteiger partial charge in [-0.3, -0.25) is 4.79 Å². The molecule has 0 fully saturated rings. The number of para-hydroxylation sites is 1. The van der Waals surface area contributed by atoms with Gasteiger partial charge in [0.15, 0.2) is 0 Å². The Balaban J connectivity index is 2.26. The molecule has 0 spiro atoms. The molecule has 0 unspecified atom stereocenters. The van der Waals surface area contributed by atoms with Gasteiger partial charge in [0.25, 0.3) is 0 Å². The summed E-state index contributed by atoms with van der Waals surface area (Å²) < 4.78 is 30.2. The summed E-state index contributed by atoms with van der Waals surface area (Å²) in [5.74, 6) is 0.805. The lowest BCUT2D eigenvalue weighted by Gasteiger charge is -2.22. The fraction of sp³-hybridized carbons (Fsp3) is 0.562. The van der Waals surface area contributed by atoms with Crippen LogP contribution >= 0.6 is 0 Å². The van der Waals surface area contributed by atoms with Crippen molar-refractivity contribution in [2.45, 2.75) is 20.3 Å². The zero-order valence-corrected chi connectivity index (χ0v) is 14.8. The molecule has 0 aliphatic heterocycles. The standard InChI is InChI=1S/C16H26N2O4S/c1-14(2)13-18(23(3,20)21)11-10-17-16(19)9-12-22-15-7-5-4-6-8-15/h4-8,14H,9-13H2,1-3H3,(H,17,19). The van der Waals surface area contributed by atoms with Gasteiger partial charge in [-0.15, -0.1) is 0 Å². The highest BCUT2D eigenvalue weighted by molar-refractivity contribution is 7.88. The number of carbonyl (C=O) groups excluding carboxylic acids is 1. The third-order valence-corrected chi connectivity index (χ3v) is 4.33. The van der Waals surface area contributed by atoms with Gasteiger partial charge in [0.05, 0.1) is 19.3 Å². The van der Waals surface area contributed by atoms with E-state index in [1.54, 1.807) is 0 Å². The average Bonchev–Trinajstić information content (AvgIpc) is 2.46. The van der Waals surface area contributed by atoms with Crippen molar-refractivity contribution in [3.05, 3.63) is 30.3 Å². The maximum absolute atomic E-state index is 11.7. The van der Waals surface area contributed by atoms with Crippen LogP contribution in [0.25, 0.3) is 0 Å². The second-order valence-corrected chi connectivity index (χ2v) is 7.76. The van der Waals surface area contributed by atoms with Gasteiger partial charge in [-0.05, 0) is 18.1 Å². The van der Waals surface area contributed by atoms with Crippen LogP contribution in [0.4, 0.5) is 0 Å². The number of hydrogen-bond donors (Lipinski definition) is 1. The van der Waals surface area contributed by atoms with E-state index in [-0.39, 0.29) is 31.4 Å². The number of amides is 1. The van der Waals surface area contributed by atoms with E-state index in [4.69, 9.17) is 4.74 Å². The predicted molar refractivity (Wildman–Crippen MR) is 90.8 cm³/mol. The molecule has 1 amide bonds. The van der Waals surface area contributed by atoms with E-state index in [9.17, 15) is 13.2 Å². The minimum absolute atomic E-state index is 0.154. The predicted octanol–water partition coefficient (Wildman–Crippen LogP) is 1.49. The lowest BCUT2D eigenvalue weighted by atomic mass is 10.2. The minimum Gasteiger partial charge on any atom is -0.493 e. The van der Waals surface area contributed by atoms with E-state index in [1.165, 1.54) is 10.6 Å². The van der Waals surface area contributed by atoms with Crippen molar-refractivity contribution >= 4 is 15.9 Å². The van der Waals surface area contributed by atoms with Crippen LogP contribution in [0, 0.1) is 5.92 Å². The molecule has 0 atom stereocenters. The van der Waals surface area contributed by atoms with Crippen molar-refractivity contribution in [1.29, 1.82) is 0 Å². The van der Waals surface area contributed by atoms with Crippen LogP contribution in [-0.2, 0) is 14.8 Å². The molecule has 7 heteroatoms. The first kappa shape index (κ1) is 19.4. The highest BCUT2D eigenvalue weighted by Crippen LogP contribution is 2.08. The Hall–Kier alpha value is -1.60. The maximum atomic E-state index is 11.7. The van der Waals surface area contributed by atoms with Gasteiger partial charge in [0.1, 0.15) is 5.75 Å². The monoisotopic (exact) mass is 342 g/mol. The largest absolute Gasteiger partial charge is 0.493 e. The fourth-order valence-electron chi connectivity index (χ4n) is 1.99. The number of nitrogens with one attached hydrogen (secondary N) is 1.